The third-order valence-corrected chi connectivity index (χ3v) is 14.2. The van der Waals surface area contributed by atoms with Crippen LogP contribution in [0, 0.1) is 11.3 Å². The number of benzene rings is 1. The molecule has 4 atom stereocenters. The number of hydrogen-bond acceptors (Lipinski definition) is 11. The zero-order valence-electron chi connectivity index (χ0n) is 38.2. The zero-order chi connectivity index (χ0) is 45.6. The summed E-state index contributed by atoms with van der Waals surface area (Å²) in [5.41, 5.74) is 8.74. The van der Waals surface area contributed by atoms with Gasteiger partial charge in [0.1, 0.15) is 17.2 Å². The SMILES string of the molecule is CCn1c(-c2cccnc2[C@H](C)OC)c2c3cc(ccc31)-c1csc(n1)C[C@@]([Si])(NC(=O)[C@H](C(C)C)N(C)C(=O)N(C)C1(C)COC1)C(=O)N1CCC[C@H](N1)C(=O)OCC(C)(C)C2. The first kappa shape index (κ1) is 46.3. The van der Waals surface area contributed by atoms with Crippen LogP contribution in [0.3, 0.4) is 0 Å². The van der Waals surface area contributed by atoms with Gasteiger partial charge in [0, 0.05) is 79.7 Å². The largest absolute Gasteiger partial charge is 0.464 e. The first-order chi connectivity index (χ1) is 29.8. The number of cyclic esters (lactones) is 1. The Morgan fingerprint density at radius 2 is 1.86 bits per heavy atom. The van der Waals surface area contributed by atoms with E-state index in [1.807, 2.05) is 39.1 Å². The number of urea groups is 1. The number of carbonyl (C=O) groups excluding carboxylic acids is 4. The molecule has 0 unspecified atom stereocenters. The fourth-order valence-electron chi connectivity index (χ4n) is 8.99. The third kappa shape index (κ3) is 9.04. The average molecular weight is 898 g/mol. The van der Waals surface area contributed by atoms with E-state index in [0.29, 0.717) is 44.0 Å². The summed E-state index contributed by atoms with van der Waals surface area (Å²) < 4.78 is 19.6. The van der Waals surface area contributed by atoms with Crippen LogP contribution in [0.1, 0.15) is 83.7 Å². The molecule has 0 aliphatic carbocycles. The van der Waals surface area contributed by atoms with Gasteiger partial charge in [0.15, 0.2) is 0 Å². The van der Waals surface area contributed by atoms with Crippen molar-refractivity contribution in [3.8, 4) is 22.5 Å². The van der Waals surface area contributed by atoms with Crippen molar-refractivity contribution in [2.24, 2.45) is 11.3 Å². The lowest BCUT2D eigenvalue weighted by molar-refractivity contribution is -0.156. The van der Waals surface area contributed by atoms with E-state index in [2.05, 4.69) is 70.6 Å². The van der Waals surface area contributed by atoms with Gasteiger partial charge in [0.2, 0.25) is 5.91 Å². The number of pyridine rings is 1. The molecule has 4 amide bonds. The fourth-order valence-corrected chi connectivity index (χ4v) is 10.4. The van der Waals surface area contributed by atoms with Gasteiger partial charge in [0.05, 0.1) is 63.8 Å². The standard InChI is InChI=1S/C46H61N8O7SSi/c1-11-53-35-17-16-29-20-31(35)32(39(53)30-14-12-18-47-37(30)28(4)59-10)21-44(5,6)24-61-41(56)33-15-13-19-54(50-33)42(57)46(63,22-36-48-34(29)23-62-36)49-40(55)38(27(2)3)51(8)43(58)52(9)45(7)25-60-26-45/h12,14,16-18,20,23,27-28,33,38,50H,11,13,15,19,21-22,24-26H2,1-10H3,(H,49,55)/t28-,33-,38-,46-/m0/s1. The monoisotopic (exact) mass is 897 g/mol. The van der Waals surface area contributed by atoms with Crippen LogP contribution in [0.25, 0.3) is 33.4 Å². The van der Waals surface area contributed by atoms with Crippen molar-refractivity contribution in [1.29, 1.82) is 0 Å². The predicted molar refractivity (Wildman–Crippen MR) is 243 cm³/mol. The van der Waals surface area contributed by atoms with E-state index in [-0.39, 0.29) is 37.6 Å². The van der Waals surface area contributed by atoms with Crippen molar-refractivity contribution in [1.82, 2.24) is 40.1 Å². The Labute approximate surface area is 377 Å². The Balaban J connectivity index is 1.32. The highest BCUT2D eigenvalue weighted by Gasteiger charge is 2.46. The molecule has 0 spiro atoms. The maximum atomic E-state index is 14.8. The Morgan fingerprint density at radius 3 is 2.52 bits per heavy atom. The van der Waals surface area contributed by atoms with Gasteiger partial charge in [-0.05, 0) is 75.8 Å². The van der Waals surface area contributed by atoms with Crippen LogP contribution in [-0.2, 0) is 48.0 Å². The minimum atomic E-state index is -1.72. The molecular weight excluding hydrogens is 837 g/mol. The first-order valence-electron chi connectivity index (χ1n) is 21.8. The molecule has 3 aliphatic rings. The van der Waals surface area contributed by atoms with Gasteiger partial charge in [-0.15, -0.1) is 11.3 Å². The quantitative estimate of drug-likeness (QED) is 0.162. The number of thiazole rings is 1. The van der Waals surface area contributed by atoms with E-state index in [4.69, 9.17) is 24.2 Å². The van der Waals surface area contributed by atoms with Crippen molar-refractivity contribution in [3.63, 3.8) is 0 Å². The third-order valence-electron chi connectivity index (χ3n) is 12.8. The number of likely N-dealkylation sites (N-methyl/N-ethyl adjacent to an activating group) is 2. The molecule has 2 saturated heterocycles. The van der Waals surface area contributed by atoms with Crippen LogP contribution in [0.5, 0.6) is 0 Å². The second-order valence-corrected chi connectivity index (χ2v) is 20.5. The fraction of sp³-hybridized carbons (Fsp3) is 0.565. The molecule has 63 heavy (non-hydrogen) atoms. The number of ether oxygens (including phenoxy) is 3. The molecule has 2 N–H and O–H groups in total. The van der Waals surface area contributed by atoms with E-state index >= 15 is 0 Å². The number of aromatic nitrogens is 3. The summed E-state index contributed by atoms with van der Waals surface area (Å²) in [6.07, 6.45) is 3.07. The Kier molecular flexibility index (Phi) is 13.3. The highest BCUT2D eigenvalue weighted by Crippen LogP contribution is 2.42. The molecule has 17 heteroatoms. The average Bonchev–Trinajstić information content (AvgIpc) is 3.84. The number of amides is 4. The molecule has 3 radical (unpaired) electrons. The van der Waals surface area contributed by atoms with Gasteiger partial charge in [-0.1, -0.05) is 33.8 Å². The summed E-state index contributed by atoms with van der Waals surface area (Å²) in [5, 5.41) is 6.29. The highest BCUT2D eigenvalue weighted by atomic mass is 32.1. The second kappa shape index (κ2) is 18.1. The van der Waals surface area contributed by atoms with Crippen molar-refractivity contribution >= 4 is 56.3 Å². The van der Waals surface area contributed by atoms with E-state index in [9.17, 15) is 19.2 Å². The molecule has 15 nitrogen and oxygen atoms in total. The number of methoxy groups -OCH3 is 1. The number of carbonyl (C=O) groups is 4. The molecule has 0 saturated carbocycles. The summed E-state index contributed by atoms with van der Waals surface area (Å²) in [4.78, 5) is 70.0. The summed E-state index contributed by atoms with van der Waals surface area (Å²) in [5.74, 6) is -1.81. The van der Waals surface area contributed by atoms with E-state index in [0.717, 1.165) is 44.7 Å². The Bertz CT molecular complexity index is 2380. The second-order valence-electron chi connectivity index (χ2n) is 18.7. The number of rotatable bonds is 9. The number of nitrogens with one attached hydrogen (secondary N) is 2. The number of aryl methyl sites for hydroxylation is 1. The lowest BCUT2D eigenvalue weighted by atomic mass is 9.84. The van der Waals surface area contributed by atoms with Crippen LogP contribution in [0.4, 0.5) is 4.79 Å². The number of esters is 1. The van der Waals surface area contributed by atoms with Crippen molar-refractivity contribution in [2.75, 3.05) is 47.6 Å². The highest BCUT2D eigenvalue weighted by molar-refractivity contribution is 7.10. The zero-order valence-corrected chi connectivity index (χ0v) is 40.0. The van der Waals surface area contributed by atoms with Gasteiger partial charge in [-0.3, -0.25) is 24.4 Å². The molecule has 1 aromatic carbocycles. The van der Waals surface area contributed by atoms with Crippen LogP contribution < -0.4 is 10.7 Å². The van der Waals surface area contributed by atoms with Crippen molar-refractivity contribution in [3.05, 3.63) is 58.2 Å². The number of nitrogens with zero attached hydrogens (tertiary/aromatic N) is 6. The summed E-state index contributed by atoms with van der Waals surface area (Å²) in [6, 6.07) is 8.32. The Morgan fingerprint density at radius 1 is 1.11 bits per heavy atom. The minimum absolute atomic E-state index is 0.0241. The Hall–Kier alpha value is -4.68. The smallest absolute Gasteiger partial charge is 0.324 e. The maximum absolute atomic E-state index is 14.8. The van der Waals surface area contributed by atoms with Crippen LogP contribution in [0.2, 0.25) is 0 Å². The molecule has 4 aromatic rings. The topological polar surface area (TPSA) is 160 Å². The molecule has 6 bridgehead atoms. The van der Waals surface area contributed by atoms with Crippen molar-refractivity contribution < 1.29 is 33.4 Å². The minimum Gasteiger partial charge on any atom is -0.464 e. The summed E-state index contributed by atoms with van der Waals surface area (Å²) in [6.45, 7) is 15.9. The number of hydrogen-bond donors (Lipinski definition) is 2. The predicted octanol–water partition coefficient (Wildman–Crippen LogP) is 5.50. The molecule has 3 aromatic heterocycles. The van der Waals surface area contributed by atoms with Gasteiger partial charge in [-0.2, -0.15) is 0 Å². The summed E-state index contributed by atoms with van der Waals surface area (Å²) in [7, 11) is 8.80. The van der Waals surface area contributed by atoms with E-state index in [1.165, 1.54) is 21.2 Å². The molecule has 7 rings (SSSR count). The first-order valence-corrected chi connectivity index (χ1v) is 23.2. The molecule has 3 aliphatic heterocycles. The lowest BCUT2D eigenvalue weighted by Gasteiger charge is -2.47. The van der Waals surface area contributed by atoms with Crippen LogP contribution in [-0.4, -0.2) is 134 Å². The van der Waals surface area contributed by atoms with Crippen LogP contribution >= 0.6 is 11.3 Å². The van der Waals surface area contributed by atoms with Gasteiger partial charge in [-0.25, -0.2) is 15.2 Å². The molecule has 337 valence electrons. The maximum Gasteiger partial charge on any atom is 0.324 e. The molecule has 6 heterocycles. The van der Waals surface area contributed by atoms with Gasteiger partial charge < -0.3 is 33.9 Å². The van der Waals surface area contributed by atoms with Gasteiger partial charge in [0.25, 0.3) is 5.91 Å². The van der Waals surface area contributed by atoms with Gasteiger partial charge >= 0.3 is 12.0 Å². The number of hydrazine groups is 1. The van der Waals surface area contributed by atoms with E-state index in [1.54, 1.807) is 32.3 Å². The van der Waals surface area contributed by atoms with E-state index < -0.39 is 46.0 Å². The van der Waals surface area contributed by atoms with Crippen molar-refractivity contribution in [2.45, 2.75) is 110 Å². The van der Waals surface area contributed by atoms with Crippen LogP contribution in [0.15, 0.2) is 41.9 Å². The summed E-state index contributed by atoms with van der Waals surface area (Å²) >= 11 is 1.39. The number of fused-ring (bicyclic) bond motifs is 6. The molecular formula is C46H61N8O7SSi. The molecule has 2 fully saturated rings. The normalized spacial score (nSPS) is 22.2. The lowest BCUT2D eigenvalue weighted by Crippen LogP contribution is -2.69.